The quantitative estimate of drug-likeness (QED) is 0.380. The first kappa shape index (κ1) is 23.5. The number of aryl methyl sites for hydroxylation is 1. The minimum absolute atomic E-state index is 0.181. The van der Waals surface area contributed by atoms with Gasteiger partial charge in [-0.1, -0.05) is 49.4 Å². The summed E-state index contributed by atoms with van der Waals surface area (Å²) in [4.78, 5) is 44.4. The number of amides is 1. The van der Waals surface area contributed by atoms with E-state index in [2.05, 4.69) is 17.2 Å². The van der Waals surface area contributed by atoms with Gasteiger partial charge in [-0.25, -0.2) is 9.67 Å². The molecule has 0 unspecified atom stereocenters. The van der Waals surface area contributed by atoms with E-state index in [4.69, 9.17) is 0 Å². The molecule has 0 saturated carbocycles. The molecule has 0 bridgehead atoms. The van der Waals surface area contributed by atoms with E-state index in [9.17, 15) is 14.4 Å². The first-order valence-corrected chi connectivity index (χ1v) is 12.5. The Kier molecular flexibility index (Phi) is 6.15. The Balaban J connectivity index is 1.45. The predicted molar refractivity (Wildman–Crippen MR) is 143 cm³/mol. The lowest BCUT2D eigenvalue weighted by Gasteiger charge is -2.08. The average Bonchev–Trinajstić information content (AvgIpc) is 3.42. The fourth-order valence-electron chi connectivity index (χ4n) is 4.26. The third kappa shape index (κ3) is 4.07. The van der Waals surface area contributed by atoms with Gasteiger partial charge in [0.1, 0.15) is 17.1 Å². The highest BCUT2D eigenvalue weighted by atomic mass is 32.1. The van der Waals surface area contributed by atoms with Crippen LogP contribution in [0, 0.1) is 6.92 Å². The van der Waals surface area contributed by atoms with E-state index in [0.717, 1.165) is 17.5 Å². The topological polar surface area (TPSA) is 90.9 Å². The van der Waals surface area contributed by atoms with Crippen LogP contribution in [0.2, 0.25) is 0 Å². The fraction of sp³-hybridized carbons (Fsp3) is 0.185. The van der Waals surface area contributed by atoms with Crippen molar-refractivity contribution in [2.75, 3.05) is 5.32 Å². The number of carbonyl (C=O) groups excluding carboxylic acids is 1. The zero-order valence-electron chi connectivity index (χ0n) is 20.2. The van der Waals surface area contributed by atoms with Gasteiger partial charge >= 0.3 is 0 Å². The third-order valence-corrected chi connectivity index (χ3v) is 7.25. The molecule has 0 aliphatic rings. The van der Waals surface area contributed by atoms with Crippen LogP contribution >= 0.6 is 11.3 Å². The van der Waals surface area contributed by atoms with Gasteiger partial charge in [0.2, 0.25) is 5.91 Å². The zero-order chi connectivity index (χ0) is 25.4. The number of hydrogen-bond acceptors (Lipinski definition) is 5. The maximum absolute atomic E-state index is 13.4. The van der Waals surface area contributed by atoms with Gasteiger partial charge < -0.3 is 5.32 Å². The van der Waals surface area contributed by atoms with Gasteiger partial charge in [-0.05, 0) is 36.6 Å². The van der Waals surface area contributed by atoms with Gasteiger partial charge in [0.25, 0.3) is 11.1 Å². The molecule has 3 aromatic heterocycles. The smallest absolute Gasteiger partial charge is 0.295 e. The summed E-state index contributed by atoms with van der Waals surface area (Å²) in [6, 6.07) is 17.3. The molecular weight excluding hydrogens is 474 g/mol. The average molecular weight is 500 g/mol. The molecule has 0 saturated heterocycles. The van der Waals surface area contributed by atoms with Crippen molar-refractivity contribution in [3.8, 4) is 16.8 Å². The van der Waals surface area contributed by atoms with Crippen molar-refractivity contribution >= 4 is 33.1 Å². The minimum atomic E-state index is -0.478. The Labute approximate surface area is 211 Å². The van der Waals surface area contributed by atoms with Crippen molar-refractivity contribution in [1.82, 2.24) is 18.9 Å². The number of benzene rings is 2. The van der Waals surface area contributed by atoms with Crippen molar-refractivity contribution in [1.29, 1.82) is 0 Å². The van der Waals surface area contributed by atoms with Gasteiger partial charge in [-0.15, -0.1) is 11.3 Å². The lowest BCUT2D eigenvalue weighted by molar-refractivity contribution is -0.116. The first-order valence-electron chi connectivity index (χ1n) is 11.6. The molecule has 2 aromatic carbocycles. The Bertz CT molecular complexity index is 1690. The Morgan fingerprint density at radius 3 is 2.44 bits per heavy atom. The second-order valence-electron chi connectivity index (χ2n) is 8.54. The van der Waals surface area contributed by atoms with Crippen LogP contribution in [-0.4, -0.2) is 24.8 Å². The van der Waals surface area contributed by atoms with Gasteiger partial charge in [0.05, 0.1) is 23.1 Å². The van der Waals surface area contributed by atoms with E-state index in [-0.39, 0.29) is 23.4 Å². The van der Waals surface area contributed by atoms with E-state index in [1.807, 2.05) is 60.0 Å². The number of hydrogen-bond donors (Lipinski definition) is 1. The Hall–Kier alpha value is -4.24. The fourth-order valence-corrected chi connectivity index (χ4v) is 5.17. The van der Waals surface area contributed by atoms with Crippen molar-refractivity contribution in [2.24, 2.45) is 7.05 Å². The summed E-state index contributed by atoms with van der Waals surface area (Å²) in [6.45, 7) is 3.60. The highest BCUT2D eigenvalue weighted by molar-refractivity contribution is 7.17. The molecule has 8 nitrogen and oxygen atoms in total. The summed E-state index contributed by atoms with van der Waals surface area (Å²) >= 11 is 1.40. The third-order valence-electron chi connectivity index (χ3n) is 6.37. The number of thiophene rings is 1. The second-order valence-corrected chi connectivity index (χ2v) is 9.40. The van der Waals surface area contributed by atoms with Crippen molar-refractivity contribution < 1.29 is 4.79 Å². The van der Waals surface area contributed by atoms with Crippen LogP contribution in [-0.2, 0) is 24.8 Å². The lowest BCUT2D eigenvalue weighted by Crippen LogP contribution is -2.29. The monoisotopic (exact) mass is 499 g/mol. The van der Waals surface area contributed by atoms with E-state index in [0.29, 0.717) is 21.6 Å². The largest absolute Gasteiger partial charge is 0.318 e. The van der Waals surface area contributed by atoms with E-state index in [1.165, 1.54) is 32.5 Å². The molecule has 0 radical (unpaired) electrons. The maximum atomic E-state index is 13.4. The molecule has 0 fully saturated rings. The highest BCUT2D eigenvalue weighted by Crippen LogP contribution is 2.30. The molecular formula is C27H25N5O3S. The van der Waals surface area contributed by atoms with Crippen LogP contribution < -0.4 is 16.4 Å². The molecule has 1 N–H and O–H groups in total. The molecule has 3 heterocycles. The number of aromatic nitrogens is 4. The number of anilines is 1. The molecule has 36 heavy (non-hydrogen) atoms. The van der Waals surface area contributed by atoms with Crippen LogP contribution in [0.4, 0.5) is 5.69 Å². The van der Waals surface area contributed by atoms with E-state index < -0.39 is 5.91 Å². The summed E-state index contributed by atoms with van der Waals surface area (Å²) in [5, 5.41) is 5.12. The summed E-state index contributed by atoms with van der Waals surface area (Å²) < 4.78 is 4.46. The van der Waals surface area contributed by atoms with Crippen molar-refractivity contribution in [2.45, 2.75) is 26.8 Å². The molecule has 9 heteroatoms. The summed E-state index contributed by atoms with van der Waals surface area (Å²) in [7, 11) is 1.76. The number of nitrogens with zero attached hydrogens (tertiary/aromatic N) is 4. The molecule has 0 aliphatic heterocycles. The van der Waals surface area contributed by atoms with Crippen LogP contribution in [0.1, 0.15) is 18.2 Å². The zero-order valence-corrected chi connectivity index (χ0v) is 21.0. The predicted octanol–water partition coefficient (Wildman–Crippen LogP) is 4.12. The molecule has 1 amide bonds. The van der Waals surface area contributed by atoms with E-state index in [1.54, 1.807) is 18.7 Å². The van der Waals surface area contributed by atoms with Crippen molar-refractivity contribution in [3.63, 3.8) is 0 Å². The standard InChI is InChI=1S/C27H25N5O3S/c1-4-18-10-12-19(13-11-18)21-15-36-25-23(21)26(34)31(16-28-25)14-22(33)29-24-17(2)30(3)32(27(24)35)20-8-6-5-7-9-20/h5-13,15-16H,4,14H2,1-3H3,(H,29,33). The van der Waals surface area contributed by atoms with Crippen LogP contribution in [0.3, 0.4) is 0 Å². The van der Waals surface area contributed by atoms with Gasteiger partial charge in [0.15, 0.2) is 0 Å². The number of fused-ring (bicyclic) bond motifs is 1. The van der Waals surface area contributed by atoms with Gasteiger partial charge in [-0.3, -0.25) is 23.6 Å². The molecule has 0 spiro atoms. The Morgan fingerprint density at radius 2 is 1.75 bits per heavy atom. The highest BCUT2D eigenvalue weighted by Gasteiger charge is 2.19. The molecule has 5 rings (SSSR count). The second kappa shape index (κ2) is 9.43. The van der Waals surface area contributed by atoms with Gasteiger partial charge in [0, 0.05) is 18.0 Å². The number of para-hydroxylation sites is 1. The van der Waals surface area contributed by atoms with Crippen LogP contribution in [0.15, 0.2) is 75.9 Å². The molecule has 182 valence electrons. The summed E-state index contributed by atoms with van der Waals surface area (Å²) in [5.41, 5.74) is 3.79. The summed E-state index contributed by atoms with van der Waals surface area (Å²) in [6.07, 6.45) is 2.32. The maximum Gasteiger partial charge on any atom is 0.295 e. The van der Waals surface area contributed by atoms with E-state index >= 15 is 0 Å². The number of rotatable bonds is 6. The minimum Gasteiger partial charge on any atom is -0.318 e. The van der Waals surface area contributed by atoms with Crippen LogP contribution in [0.25, 0.3) is 27.0 Å². The SMILES string of the molecule is CCc1ccc(-c2csc3ncn(CC(=O)Nc4c(C)n(C)n(-c5ccccc5)c4=O)c(=O)c23)cc1. The molecule has 5 aromatic rings. The number of carbonyl (C=O) groups is 1. The molecule has 0 atom stereocenters. The Morgan fingerprint density at radius 1 is 1.03 bits per heavy atom. The number of nitrogens with one attached hydrogen (secondary N) is 1. The van der Waals surface area contributed by atoms with Crippen molar-refractivity contribution in [3.05, 3.63) is 98.3 Å². The van der Waals surface area contributed by atoms with Gasteiger partial charge in [-0.2, -0.15) is 0 Å². The lowest BCUT2D eigenvalue weighted by atomic mass is 10.0. The summed E-state index contributed by atoms with van der Waals surface area (Å²) in [5.74, 6) is -0.478. The molecule has 0 aliphatic carbocycles. The van der Waals surface area contributed by atoms with Crippen LogP contribution in [0.5, 0.6) is 0 Å². The normalized spacial score (nSPS) is 11.2. The first-order chi connectivity index (χ1) is 17.4.